The summed E-state index contributed by atoms with van der Waals surface area (Å²) in [6, 6.07) is 2.19. The molecule has 6 nitrogen and oxygen atoms in total. The minimum atomic E-state index is -0.198. The first-order valence-corrected chi connectivity index (χ1v) is 7.74. The van der Waals surface area contributed by atoms with Crippen LogP contribution in [0.2, 0.25) is 0 Å². The Hall–Kier alpha value is -1.73. The van der Waals surface area contributed by atoms with Gasteiger partial charge in [-0.3, -0.25) is 9.59 Å². The van der Waals surface area contributed by atoms with Gasteiger partial charge in [-0.2, -0.15) is 16.4 Å². The van der Waals surface area contributed by atoms with Gasteiger partial charge in [0.15, 0.2) is 0 Å². The molecule has 0 fully saturated rings. The van der Waals surface area contributed by atoms with Gasteiger partial charge in [0.2, 0.25) is 5.91 Å². The van der Waals surface area contributed by atoms with Crippen molar-refractivity contribution in [3.63, 3.8) is 0 Å². The van der Waals surface area contributed by atoms with Crippen molar-refractivity contribution < 1.29 is 9.59 Å². The third-order valence-electron chi connectivity index (χ3n) is 3.48. The minimum absolute atomic E-state index is 0.0593. The van der Waals surface area contributed by atoms with Crippen molar-refractivity contribution in [1.29, 1.82) is 0 Å². The minimum Gasteiger partial charge on any atom is -0.349 e. The number of rotatable bonds is 5. The fraction of sp³-hybridized carbons (Fsp3) is 0.500. The second kappa shape index (κ2) is 6.82. The zero-order valence-corrected chi connectivity index (χ0v) is 13.3. The maximum Gasteiger partial charge on any atom is 0.267 e. The number of nitrogens with one attached hydrogen (secondary N) is 1. The van der Waals surface area contributed by atoms with Crippen LogP contribution < -0.4 is 5.32 Å². The smallest absolute Gasteiger partial charge is 0.267 e. The summed E-state index contributed by atoms with van der Waals surface area (Å²) in [5, 5.41) is 12.3. The zero-order chi connectivity index (χ0) is 15.4. The van der Waals surface area contributed by atoms with Crippen molar-refractivity contribution >= 4 is 28.9 Å². The highest BCUT2D eigenvalue weighted by molar-refractivity contribution is 7.07. The number of carbonyl (C=O) groups is 2. The Labute approximate surface area is 128 Å². The maximum absolute atomic E-state index is 12.2. The predicted octanol–water partition coefficient (Wildman–Crippen LogP) is 1.08. The molecule has 0 saturated carbocycles. The van der Waals surface area contributed by atoms with Crippen molar-refractivity contribution in [2.45, 2.75) is 18.9 Å². The van der Waals surface area contributed by atoms with Crippen molar-refractivity contribution in [2.75, 3.05) is 27.7 Å². The van der Waals surface area contributed by atoms with Crippen LogP contribution >= 0.6 is 11.3 Å². The van der Waals surface area contributed by atoms with E-state index in [-0.39, 0.29) is 17.9 Å². The molecule has 0 spiro atoms. The predicted molar refractivity (Wildman–Crippen MR) is 83.2 cm³/mol. The van der Waals surface area contributed by atoms with Crippen LogP contribution in [-0.2, 0) is 9.59 Å². The van der Waals surface area contributed by atoms with Gasteiger partial charge in [0.25, 0.3) is 5.91 Å². The SMILES string of the molecule is CN1N=C(C(=O)NC[C@@H](c2ccsc2)N(C)C)CCC1=O. The van der Waals surface area contributed by atoms with Gasteiger partial charge in [0.1, 0.15) is 5.71 Å². The van der Waals surface area contributed by atoms with Crippen LogP contribution in [0.3, 0.4) is 0 Å². The molecule has 0 radical (unpaired) electrons. The van der Waals surface area contributed by atoms with Gasteiger partial charge in [0, 0.05) is 26.4 Å². The summed E-state index contributed by atoms with van der Waals surface area (Å²) < 4.78 is 0. The summed E-state index contributed by atoms with van der Waals surface area (Å²) >= 11 is 1.64. The Bertz CT molecular complexity index is 539. The topological polar surface area (TPSA) is 65.0 Å². The molecule has 2 heterocycles. The molecular formula is C14H20N4O2S. The van der Waals surface area contributed by atoms with Crippen molar-refractivity contribution in [3.8, 4) is 0 Å². The van der Waals surface area contributed by atoms with Gasteiger partial charge < -0.3 is 10.2 Å². The molecule has 1 aliphatic heterocycles. The number of thiophene rings is 1. The van der Waals surface area contributed by atoms with E-state index >= 15 is 0 Å². The Morgan fingerprint density at radius 3 is 2.86 bits per heavy atom. The summed E-state index contributed by atoms with van der Waals surface area (Å²) in [6.45, 7) is 0.513. The Balaban J connectivity index is 1.97. The van der Waals surface area contributed by atoms with Crippen LogP contribution in [0.15, 0.2) is 21.9 Å². The van der Waals surface area contributed by atoms with E-state index in [0.29, 0.717) is 25.1 Å². The highest BCUT2D eigenvalue weighted by Crippen LogP contribution is 2.20. The number of amides is 2. The fourth-order valence-corrected chi connectivity index (χ4v) is 2.89. The third kappa shape index (κ3) is 3.89. The zero-order valence-electron chi connectivity index (χ0n) is 12.5. The van der Waals surface area contributed by atoms with E-state index in [2.05, 4.69) is 26.8 Å². The van der Waals surface area contributed by atoms with Crippen LogP contribution in [0.1, 0.15) is 24.4 Å². The summed E-state index contributed by atoms with van der Waals surface area (Å²) in [5.74, 6) is -0.257. The second-order valence-electron chi connectivity index (χ2n) is 5.21. The van der Waals surface area contributed by atoms with Crippen molar-refractivity contribution in [1.82, 2.24) is 15.2 Å². The number of hydrazone groups is 1. The molecule has 0 unspecified atom stereocenters. The molecule has 2 amide bonds. The Morgan fingerprint density at radius 1 is 1.52 bits per heavy atom. The standard InChI is InChI=1S/C14H20N4O2S/c1-17(2)12(10-6-7-21-9-10)8-15-14(20)11-4-5-13(19)18(3)16-11/h6-7,9,12H,4-5,8H2,1-3H3,(H,15,20)/t12-/m0/s1. The normalized spacial score (nSPS) is 16.9. The molecule has 21 heavy (non-hydrogen) atoms. The summed E-state index contributed by atoms with van der Waals surface area (Å²) in [5.41, 5.74) is 1.60. The van der Waals surface area contributed by atoms with E-state index < -0.39 is 0 Å². The largest absolute Gasteiger partial charge is 0.349 e. The number of carbonyl (C=O) groups excluding carboxylic acids is 2. The van der Waals surface area contributed by atoms with Crippen molar-refractivity contribution in [2.24, 2.45) is 5.10 Å². The Morgan fingerprint density at radius 2 is 2.29 bits per heavy atom. The van der Waals surface area contributed by atoms with Crippen LogP contribution in [0, 0.1) is 0 Å². The van der Waals surface area contributed by atoms with Crippen LogP contribution in [-0.4, -0.2) is 55.1 Å². The first kappa shape index (κ1) is 15.7. The molecule has 2 rings (SSSR count). The van der Waals surface area contributed by atoms with Crippen LogP contribution in [0.5, 0.6) is 0 Å². The van der Waals surface area contributed by atoms with E-state index in [1.165, 1.54) is 10.6 Å². The lowest BCUT2D eigenvalue weighted by atomic mass is 10.1. The van der Waals surface area contributed by atoms with E-state index in [9.17, 15) is 9.59 Å². The van der Waals surface area contributed by atoms with E-state index in [0.717, 1.165) is 0 Å². The molecule has 1 atom stereocenters. The molecule has 1 aliphatic rings. The highest BCUT2D eigenvalue weighted by atomic mass is 32.1. The van der Waals surface area contributed by atoms with E-state index in [1.54, 1.807) is 18.4 Å². The number of likely N-dealkylation sites (N-methyl/N-ethyl adjacent to an activating group) is 1. The average Bonchev–Trinajstić information content (AvgIpc) is 2.95. The lowest BCUT2D eigenvalue weighted by Crippen LogP contribution is -2.41. The second-order valence-corrected chi connectivity index (χ2v) is 5.99. The average molecular weight is 308 g/mol. The van der Waals surface area contributed by atoms with Crippen molar-refractivity contribution in [3.05, 3.63) is 22.4 Å². The van der Waals surface area contributed by atoms with Crippen LogP contribution in [0.4, 0.5) is 0 Å². The molecule has 0 aliphatic carbocycles. The molecule has 114 valence electrons. The quantitative estimate of drug-likeness (QED) is 0.885. The van der Waals surface area contributed by atoms with E-state index in [4.69, 9.17) is 0 Å². The summed E-state index contributed by atoms with van der Waals surface area (Å²) in [6.07, 6.45) is 0.741. The molecular weight excluding hydrogens is 288 g/mol. The first-order chi connectivity index (χ1) is 9.99. The van der Waals surface area contributed by atoms with Gasteiger partial charge in [-0.15, -0.1) is 0 Å². The lowest BCUT2D eigenvalue weighted by molar-refractivity contribution is -0.130. The number of hydrogen-bond acceptors (Lipinski definition) is 5. The van der Waals surface area contributed by atoms with Gasteiger partial charge >= 0.3 is 0 Å². The van der Waals surface area contributed by atoms with Gasteiger partial charge in [-0.25, -0.2) is 5.01 Å². The molecule has 7 heteroatoms. The molecule has 1 aromatic rings. The summed E-state index contributed by atoms with van der Waals surface area (Å²) in [4.78, 5) is 25.6. The third-order valence-corrected chi connectivity index (χ3v) is 4.18. The number of hydrogen-bond donors (Lipinski definition) is 1. The van der Waals surface area contributed by atoms with Gasteiger partial charge in [-0.05, 0) is 36.5 Å². The molecule has 0 saturated heterocycles. The Kier molecular flexibility index (Phi) is 5.08. The monoisotopic (exact) mass is 308 g/mol. The first-order valence-electron chi connectivity index (χ1n) is 6.79. The molecule has 1 aromatic heterocycles. The molecule has 0 aromatic carbocycles. The van der Waals surface area contributed by atoms with Gasteiger partial charge in [-0.1, -0.05) is 0 Å². The van der Waals surface area contributed by atoms with E-state index in [1.807, 2.05) is 19.5 Å². The van der Waals surface area contributed by atoms with Gasteiger partial charge in [0.05, 0.1) is 6.04 Å². The fourth-order valence-electron chi connectivity index (χ4n) is 2.19. The molecule has 1 N–H and O–H groups in total. The number of nitrogens with zero attached hydrogens (tertiary/aromatic N) is 3. The lowest BCUT2D eigenvalue weighted by Gasteiger charge is -2.25. The summed E-state index contributed by atoms with van der Waals surface area (Å²) in [7, 11) is 5.54. The van der Waals surface area contributed by atoms with Crippen LogP contribution in [0.25, 0.3) is 0 Å². The maximum atomic E-state index is 12.2. The highest BCUT2D eigenvalue weighted by Gasteiger charge is 2.23. The molecule has 0 bridgehead atoms.